The molecular formula is C17H28N2. The van der Waals surface area contributed by atoms with E-state index in [1.165, 1.54) is 49.9 Å². The molecule has 0 bridgehead atoms. The Morgan fingerprint density at radius 1 is 1.05 bits per heavy atom. The first-order valence-corrected chi connectivity index (χ1v) is 7.82. The Balaban J connectivity index is 1.97. The van der Waals surface area contributed by atoms with Crippen molar-refractivity contribution >= 4 is 0 Å². The lowest BCUT2D eigenvalue weighted by Crippen LogP contribution is -2.34. The van der Waals surface area contributed by atoms with Crippen LogP contribution in [0.4, 0.5) is 0 Å². The van der Waals surface area contributed by atoms with Crippen molar-refractivity contribution in [3.8, 4) is 0 Å². The highest BCUT2D eigenvalue weighted by atomic mass is 15.1. The van der Waals surface area contributed by atoms with Gasteiger partial charge >= 0.3 is 0 Å². The molecule has 0 spiro atoms. The van der Waals surface area contributed by atoms with E-state index >= 15 is 0 Å². The summed E-state index contributed by atoms with van der Waals surface area (Å²) in [5, 5.41) is 3.48. The first-order chi connectivity index (χ1) is 9.33. The summed E-state index contributed by atoms with van der Waals surface area (Å²) in [7, 11) is 2.08. The fraction of sp³-hybridized carbons (Fsp3) is 0.647. The van der Waals surface area contributed by atoms with Crippen LogP contribution >= 0.6 is 0 Å². The van der Waals surface area contributed by atoms with Gasteiger partial charge in [-0.25, -0.2) is 0 Å². The number of hydrogen-bond donors (Lipinski definition) is 1. The van der Waals surface area contributed by atoms with Crippen molar-refractivity contribution in [1.29, 1.82) is 0 Å². The molecule has 0 saturated carbocycles. The number of likely N-dealkylation sites (tertiary alicyclic amines) is 1. The minimum absolute atomic E-state index is 0.462. The van der Waals surface area contributed by atoms with Gasteiger partial charge in [0.15, 0.2) is 0 Å². The lowest BCUT2D eigenvalue weighted by molar-refractivity contribution is 0.255. The maximum atomic E-state index is 3.48. The average molecular weight is 260 g/mol. The van der Waals surface area contributed by atoms with Gasteiger partial charge < -0.3 is 10.2 Å². The molecule has 1 aromatic rings. The monoisotopic (exact) mass is 260 g/mol. The second kappa shape index (κ2) is 7.66. The second-order valence-corrected chi connectivity index (χ2v) is 5.65. The number of nitrogens with zero attached hydrogens (tertiary/aromatic N) is 1. The zero-order valence-electron chi connectivity index (χ0n) is 12.5. The lowest BCUT2D eigenvalue weighted by Gasteiger charge is -2.26. The third kappa shape index (κ3) is 4.32. The van der Waals surface area contributed by atoms with E-state index in [9.17, 15) is 0 Å². The highest BCUT2D eigenvalue weighted by Crippen LogP contribution is 2.18. The van der Waals surface area contributed by atoms with E-state index in [1.807, 2.05) is 0 Å². The Hall–Kier alpha value is -0.860. The zero-order valence-corrected chi connectivity index (χ0v) is 12.5. The molecule has 1 aliphatic heterocycles. The third-order valence-electron chi connectivity index (χ3n) is 4.28. The third-order valence-corrected chi connectivity index (χ3v) is 4.28. The maximum Gasteiger partial charge on any atom is 0.0446 e. The summed E-state index contributed by atoms with van der Waals surface area (Å²) in [5.74, 6) is 0. The summed E-state index contributed by atoms with van der Waals surface area (Å²) in [4.78, 5) is 2.63. The Labute approximate surface area is 118 Å². The minimum atomic E-state index is 0.462. The number of rotatable bonds is 5. The van der Waals surface area contributed by atoms with Crippen LogP contribution in [0.2, 0.25) is 0 Å². The molecule has 2 rings (SSSR count). The van der Waals surface area contributed by atoms with E-state index in [0.29, 0.717) is 6.04 Å². The average Bonchev–Trinajstić information content (AvgIpc) is 2.73. The van der Waals surface area contributed by atoms with Crippen LogP contribution in [-0.2, 0) is 6.42 Å². The van der Waals surface area contributed by atoms with E-state index in [4.69, 9.17) is 0 Å². The number of likely N-dealkylation sites (N-methyl/N-ethyl adjacent to an activating group) is 1. The quantitative estimate of drug-likeness (QED) is 0.873. The van der Waals surface area contributed by atoms with Gasteiger partial charge in [-0.3, -0.25) is 0 Å². The molecule has 1 aromatic carbocycles. The minimum Gasteiger partial charge on any atom is -0.312 e. The van der Waals surface area contributed by atoms with Crippen molar-refractivity contribution in [2.45, 2.75) is 45.1 Å². The standard InChI is InChI=1S/C17H28N2/c1-3-15-8-10-16(11-9-15)17(18-2)14-19-12-6-4-5-7-13-19/h8-11,17-18H,3-7,12-14H2,1-2H3. The van der Waals surface area contributed by atoms with Crippen LogP contribution in [0.15, 0.2) is 24.3 Å². The zero-order chi connectivity index (χ0) is 13.5. The topological polar surface area (TPSA) is 15.3 Å². The highest BCUT2D eigenvalue weighted by Gasteiger charge is 2.15. The Morgan fingerprint density at radius 2 is 1.68 bits per heavy atom. The summed E-state index contributed by atoms with van der Waals surface area (Å²) >= 11 is 0. The fourth-order valence-corrected chi connectivity index (χ4v) is 2.93. The smallest absolute Gasteiger partial charge is 0.0446 e. The molecule has 1 fully saturated rings. The predicted molar refractivity (Wildman–Crippen MR) is 82.5 cm³/mol. The van der Waals surface area contributed by atoms with Gasteiger partial charge in [0, 0.05) is 12.6 Å². The van der Waals surface area contributed by atoms with Crippen LogP contribution in [0.3, 0.4) is 0 Å². The largest absolute Gasteiger partial charge is 0.312 e. The Morgan fingerprint density at radius 3 is 2.21 bits per heavy atom. The van der Waals surface area contributed by atoms with Crippen LogP contribution < -0.4 is 5.32 Å². The van der Waals surface area contributed by atoms with Crippen molar-refractivity contribution in [2.24, 2.45) is 0 Å². The van der Waals surface area contributed by atoms with Gasteiger partial charge in [0.1, 0.15) is 0 Å². The SMILES string of the molecule is CCc1ccc(C(CN2CCCCCC2)NC)cc1. The van der Waals surface area contributed by atoms with Crippen molar-refractivity contribution in [3.05, 3.63) is 35.4 Å². The molecular weight excluding hydrogens is 232 g/mol. The van der Waals surface area contributed by atoms with Crippen LogP contribution in [-0.4, -0.2) is 31.6 Å². The van der Waals surface area contributed by atoms with Crippen molar-refractivity contribution in [3.63, 3.8) is 0 Å². The fourth-order valence-electron chi connectivity index (χ4n) is 2.93. The second-order valence-electron chi connectivity index (χ2n) is 5.65. The normalized spacial score (nSPS) is 19.1. The maximum absolute atomic E-state index is 3.48. The molecule has 0 amide bonds. The molecule has 1 saturated heterocycles. The van der Waals surface area contributed by atoms with Crippen molar-refractivity contribution in [1.82, 2.24) is 10.2 Å². The first-order valence-electron chi connectivity index (χ1n) is 7.82. The molecule has 1 atom stereocenters. The van der Waals surface area contributed by atoms with Gasteiger partial charge in [0.2, 0.25) is 0 Å². The van der Waals surface area contributed by atoms with Crippen LogP contribution in [0, 0.1) is 0 Å². The number of nitrogens with one attached hydrogen (secondary N) is 1. The molecule has 1 aliphatic rings. The van der Waals surface area contributed by atoms with Gasteiger partial charge in [-0.2, -0.15) is 0 Å². The van der Waals surface area contributed by atoms with Gasteiger partial charge in [-0.05, 0) is 50.5 Å². The molecule has 106 valence electrons. The van der Waals surface area contributed by atoms with E-state index in [-0.39, 0.29) is 0 Å². The van der Waals surface area contributed by atoms with Crippen LogP contribution in [0.1, 0.15) is 49.8 Å². The molecule has 0 aliphatic carbocycles. The van der Waals surface area contributed by atoms with Gasteiger partial charge in [0.05, 0.1) is 0 Å². The Bertz CT molecular complexity index is 350. The van der Waals surface area contributed by atoms with Crippen molar-refractivity contribution < 1.29 is 0 Å². The summed E-state index contributed by atoms with van der Waals surface area (Å²) in [5.41, 5.74) is 2.84. The van der Waals surface area contributed by atoms with Gasteiger partial charge in [-0.1, -0.05) is 44.0 Å². The number of hydrogen-bond acceptors (Lipinski definition) is 2. The highest BCUT2D eigenvalue weighted by molar-refractivity contribution is 5.25. The molecule has 1 unspecified atom stereocenters. The summed E-state index contributed by atoms with van der Waals surface area (Å²) in [6.07, 6.45) is 6.67. The predicted octanol–water partition coefficient (Wildman–Crippen LogP) is 3.39. The molecule has 1 N–H and O–H groups in total. The summed E-state index contributed by atoms with van der Waals surface area (Å²) < 4.78 is 0. The lowest BCUT2D eigenvalue weighted by atomic mass is 10.0. The first kappa shape index (κ1) is 14.5. The summed E-state index contributed by atoms with van der Waals surface area (Å²) in [6, 6.07) is 9.57. The number of aryl methyl sites for hydroxylation is 1. The molecule has 1 heterocycles. The summed E-state index contributed by atoms with van der Waals surface area (Å²) in [6.45, 7) is 5.89. The van der Waals surface area contributed by atoms with E-state index in [1.54, 1.807) is 0 Å². The van der Waals surface area contributed by atoms with Gasteiger partial charge in [-0.15, -0.1) is 0 Å². The number of benzene rings is 1. The van der Waals surface area contributed by atoms with Gasteiger partial charge in [0.25, 0.3) is 0 Å². The molecule has 2 heteroatoms. The van der Waals surface area contributed by atoms with E-state index < -0.39 is 0 Å². The van der Waals surface area contributed by atoms with E-state index in [2.05, 4.69) is 48.5 Å². The van der Waals surface area contributed by atoms with Crippen LogP contribution in [0.5, 0.6) is 0 Å². The Kier molecular flexibility index (Phi) is 5.87. The van der Waals surface area contributed by atoms with E-state index in [0.717, 1.165) is 13.0 Å². The molecule has 2 nitrogen and oxygen atoms in total. The van der Waals surface area contributed by atoms with Crippen LogP contribution in [0.25, 0.3) is 0 Å². The van der Waals surface area contributed by atoms with Crippen molar-refractivity contribution in [2.75, 3.05) is 26.7 Å². The molecule has 19 heavy (non-hydrogen) atoms. The molecule has 0 aromatic heterocycles. The molecule has 0 radical (unpaired) electrons.